The molecule has 1 aliphatic heterocycles. The third kappa shape index (κ3) is 3.25. The molecule has 4 nitrogen and oxygen atoms in total. The van der Waals surface area contributed by atoms with Crippen molar-refractivity contribution in [3.8, 4) is 0 Å². The molecule has 2 saturated carbocycles. The van der Waals surface area contributed by atoms with Crippen molar-refractivity contribution in [2.24, 2.45) is 5.92 Å². The van der Waals surface area contributed by atoms with Crippen molar-refractivity contribution >= 4 is 11.8 Å². The maximum Gasteiger partial charge on any atom is 0.254 e. The van der Waals surface area contributed by atoms with Gasteiger partial charge in [-0.3, -0.25) is 9.59 Å². The summed E-state index contributed by atoms with van der Waals surface area (Å²) in [7, 11) is 0. The molecule has 1 heterocycles. The Morgan fingerprint density at radius 1 is 1.14 bits per heavy atom. The molecule has 0 bridgehead atoms. The second kappa shape index (κ2) is 7.88. The van der Waals surface area contributed by atoms with E-state index in [2.05, 4.69) is 24.1 Å². The van der Waals surface area contributed by atoms with Crippen molar-refractivity contribution in [1.29, 1.82) is 0 Å². The van der Waals surface area contributed by atoms with Gasteiger partial charge in [-0.05, 0) is 49.7 Å². The lowest BCUT2D eigenvalue weighted by Crippen LogP contribution is -2.63. The van der Waals surface area contributed by atoms with Gasteiger partial charge in [-0.15, -0.1) is 0 Å². The summed E-state index contributed by atoms with van der Waals surface area (Å²) in [6, 6.07) is 8.16. The molecule has 1 aromatic carbocycles. The first-order valence-electron chi connectivity index (χ1n) is 11.2. The van der Waals surface area contributed by atoms with E-state index in [0.29, 0.717) is 18.5 Å². The van der Waals surface area contributed by atoms with Crippen molar-refractivity contribution in [1.82, 2.24) is 10.2 Å². The predicted octanol–water partition coefficient (Wildman–Crippen LogP) is 4.64. The van der Waals surface area contributed by atoms with E-state index in [1.54, 1.807) is 0 Å². The molecular formula is C24H34N2O2. The van der Waals surface area contributed by atoms with Crippen LogP contribution in [0.25, 0.3) is 0 Å². The molecule has 1 atom stereocenters. The normalized spacial score (nSPS) is 24.2. The highest BCUT2D eigenvalue weighted by atomic mass is 16.2. The summed E-state index contributed by atoms with van der Waals surface area (Å²) in [5.41, 5.74) is 1.36. The summed E-state index contributed by atoms with van der Waals surface area (Å²) in [4.78, 5) is 29.3. The monoisotopic (exact) mass is 382 g/mol. The van der Waals surface area contributed by atoms with E-state index >= 15 is 0 Å². The van der Waals surface area contributed by atoms with Crippen LogP contribution in [-0.2, 0) is 4.79 Å². The molecule has 3 aliphatic rings. The van der Waals surface area contributed by atoms with E-state index < -0.39 is 0 Å². The number of hydrogen-bond acceptors (Lipinski definition) is 2. The minimum Gasteiger partial charge on any atom is -0.355 e. The second-order valence-corrected chi connectivity index (χ2v) is 9.42. The lowest BCUT2D eigenvalue weighted by molar-refractivity contribution is -0.126. The molecule has 0 saturated heterocycles. The van der Waals surface area contributed by atoms with Crippen molar-refractivity contribution in [3.05, 3.63) is 35.4 Å². The van der Waals surface area contributed by atoms with Crippen LogP contribution in [0.4, 0.5) is 0 Å². The van der Waals surface area contributed by atoms with Gasteiger partial charge in [0.05, 0.1) is 11.5 Å². The van der Waals surface area contributed by atoms with Crippen LogP contribution in [0.1, 0.15) is 93.5 Å². The number of amides is 2. The summed E-state index contributed by atoms with van der Waals surface area (Å²) >= 11 is 0. The second-order valence-electron chi connectivity index (χ2n) is 9.42. The Morgan fingerprint density at radius 3 is 2.50 bits per heavy atom. The third-order valence-electron chi connectivity index (χ3n) is 7.18. The molecule has 4 rings (SSSR count). The largest absolute Gasteiger partial charge is 0.355 e. The molecule has 152 valence electrons. The van der Waals surface area contributed by atoms with Crippen LogP contribution in [0, 0.1) is 5.92 Å². The van der Waals surface area contributed by atoms with Gasteiger partial charge in [-0.25, -0.2) is 0 Å². The molecule has 1 N–H and O–H groups in total. The lowest BCUT2D eigenvalue weighted by atomic mass is 9.70. The highest BCUT2D eigenvalue weighted by Gasteiger charge is 2.57. The number of carbonyl (C=O) groups is 2. The van der Waals surface area contributed by atoms with Crippen molar-refractivity contribution in [2.45, 2.75) is 89.1 Å². The molecule has 4 heteroatoms. The van der Waals surface area contributed by atoms with Gasteiger partial charge in [0.25, 0.3) is 5.91 Å². The lowest BCUT2D eigenvalue weighted by Gasteiger charge is -2.52. The fraction of sp³-hybridized carbons (Fsp3) is 0.667. The van der Waals surface area contributed by atoms with Crippen molar-refractivity contribution in [2.75, 3.05) is 6.54 Å². The van der Waals surface area contributed by atoms with Crippen molar-refractivity contribution < 1.29 is 9.59 Å². The quantitative estimate of drug-likeness (QED) is 0.806. The number of nitrogens with one attached hydrogen (secondary N) is 1. The van der Waals surface area contributed by atoms with Gasteiger partial charge in [0, 0.05) is 18.2 Å². The van der Waals surface area contributed by atoms with Gasteiger partial charge >= 0.3 is 0 Å². The number of carbonyl (C=O) groups excluding carboxylic acids is 2. The summed E-state index contributed by atoms with van der Waals surface area (Å²) < 4.78 is 0. The van der Waals surface area contributed by atoms with Crippen LogP contribution in [0.5, 0.6) is 0 Å². The van der Waals surface area contributed by atoms with Gasteiger partial charge < -0.3 is 10.2 Å². The smallest absolute Gasteiger partial charge is 0.254 e. The molecule has 2 fully saturated rings. The van der Waals surface area contributed by atoms with Gasteiger partial charge in [0.1, 0.15) is 0 Å². The average molecular weight is 383 g/mol. The average Bonchev–Trinajstić information content (AvgIpc) is 3.35. The number of benzene rings is 1. The number of hydrogen-bond donors (Lipinski definition) is 1. The van der Waals surface area contributed by atoms with Gasteiger partial charge in [-0.2, -0.15) is 0 Å². The van der Waals surface area contributed by atoms with Crippen LogP contribution < -0.4 is 5.32 Å². The Morgan fingerprint density at radius 2 is 1.82 bits per heavy atom. The molecule has 2 amide bonds. The van der Waals surface area contributed by atoms with Crippen LogP contribution in [0.3, 0.4) is 0 Å². The minimum absolute atomic E-state index is 0.116. The van der Waals surface area contributed by atoms with E-state index in [1.807, 2.05) is 24.3 Å². The molecule has 1 spiro atoms. The van der Waals surface area contributed by atoms with E-state index in [9.17, 15) is 9.59 Å². The first-order valence-corrected chi connectivity index (χ1v) is 11.2. The van der Waals surface area contributed by atoms with Gasteiger partial charge in [0.2, 0.25) is 5.91 Å². The fourth-order valence-corrected chi connectivity index (χ4v) is 5.88. The zero-order valence-corrected chi connectivity index (χ0v) is 17.4. The highest BCUT2D eigenvalue weighted by Crippen LogP contribution is 2.52. The maximum atomic E-state index is 13.6. The SMILES string of the molecule is CC(C)CCNC(=O)[C@@H]1c2ccccc2C(=O)N(C2CCCC2)C12CCCC2. The maximum absolute atomic E-state index is 13.6. The molecule has 1 aromatic rings. The third-order valence-corrected chi connectivity index (χ3v) is 7.18. The molecule has 28 heavy (non-hydrogen) atoms. The summed E-state index contributed by atoms with van der Waals surface area (Å²) in [5, 5.41) is 3.22. The highest BCUT2D eigenvalue weighted by molar-refractivity contribution is 6.02. The molecule has 0 unspecified atom stereocenters. The first-order chi connectivity index (χ1) is 13.5. The van der Waals surface area contributed by atoms with Crippen molar-refractivity contribution in [3.63, 3.8) is 0 Å². The van der Waals surface area contributed by atoms with Crippen LogP contribution >= 0.6 is 0 Å². The summed E-state index contributed by atoms with van der Waals surface area (Å²) in [5.74, 6) is 0.605. The van der Waals surface area contributed by atoms with E-state index in [1.165, 1.54) is 12.8 Å². The topological polar surface area (TPSA) is 49.4 Å². The first kappa shape index (κ1) is 19.5. The predicted molar refractivity (Wildman–Crippen MR) is 111 cm³/mol. The van der Waals surface area contributed by atoms with Gasteiger partial charge in [-0.1, -0.05) is 57.7 Å². The van der Waals surface area contributed by atoms with E-state index in [0.717, 1.165) is 56.1 Å². The Hall–Kier alpha value is -1.84. The number of fused-ring (bicyclic) bond motifs is 1. The van der Waals surface area contributed by atoms with E-state index in [-0.39, 0.29) is 23.3 Å². The summed E-state index contributed by atoms with van der Waals surface area (Å²) in [6.45, 7) is 5.07. The zero-order valence-electron chi connectivity index (χ0n) is 17.4. The zero-order chi connectivity index (χ0) is 19.7. The number of nitrogens with zero attached hydrogens (tertiary/aromatic N) is 1. The molecular weight excluding hydrogens is 348 g/mol. The molecule has 0 radical (unpaired) electrons. The number of rotatable bonds is 5. The van der Waals surface area contributed by atoms with Crippen LogP contribution in [0.2, 0.25) is 0 Å². The fourth-order valence-electron chi connectivity index (χ4n) is 5.88. The Bertz CT molecular complexity index is 730. The Kier molecular flexibility index (Phi) is 5.48. The molecule has 2 aliphatic carbocycles. The van der Waals surface area contributed by atoms with Gasteiger partial charge in [0.15, 0.2) is 0 Å². The van der Waals surface area contributed by atoms with E-state index in [4.69, 9.17) is 0 Å². The minimum atomic E-state index is -0.331. The van der Waals surface area contributed by atoms with Crippen LogP contribution in [0.15, 0.2) is 24.3 Å². The standard InChI is InChI=1S/C24H34N2O2/c1-17(2)13-16-25-22(27)21-19-11-5-6-12-20(19)23(28)26(18-9-3-4-10-18)24(21)14-7-8-15-24/h5-6,11-12,17-18,21H,3-4,7-10,13-16H2,1-2H3,(H,25,27)/t21-/m0/s1. The summed E-state index contributed by atoms with van der Waals surface area (Å²) in [6.07, 6.45) is 9.64. The molecule has 0 aromatic heterocycles. The van der Waals surface area contributed by atoms with Crippen LogP contribution in [-0.4, -0.2) is 34.8 Å². The Labute approximate surface area is 169 Å². The Balaban J connectivity index is 1.75.